The number of thioether (sulfide) groups is 1. The van der Waals surface area contributed by atoms with Gasteiger partial charge in [-0.05, 0) is 51.0 Å². The Bertz CT molecular complexity index is 938. The third-order valence-electron chi connectivity index (χ3n) is 4.37. The summed E-state index contributed by atoms with van der Waals surface area (Å²) in [5.41, 5.74) is 4.04. The number of hydrogen-bond donors (Lipinski definition) is 2. The molecule has 0 saturated carbocycles. The molecule has 0 aliphatic carbocycles. The van der Waals surface area contributed by atoms with Crippen molar-refractivity contribution in [2.75, 3.05) is 12.4 Å². The fourth-order valence-electron chi connectivity index (χ4n) is 2.79. The van der Waals surface area contributed by atoms with Crippen molar-refractivity contribution in [1.29, 1.82) is 0 Å². The molecule has 8 nitrogen and oxygen atoms in total. The van der Waals surface area contributed by atoms with E-state index >= 15 is 0 Å². The number of carbonyl (C=O) groups excluding carboxylic acids is 2. The zero-order valence-corrected chi connectivity index (χ0v) is 17.0. The minimum atomic E-state index is -0.459. The van der Waals surface area contributed by atoms with Gasteiger partial charge in [-0.1, -0.05) is 17.8 Å². The number of urea groups is 1. The van der Waals surface area contributed by atoms with E-state index in [4.69, 9.17) is 9.15 Å². The quantitative estimate of drug-likeness (QED) is 0.565. The van der Waals surface area contributed by atoms with Crippen LogP contribution in [0.5, 0.6) is 0 Å². The Morgan fingerprint density at radius 2 is 2.07 bits per heavy atom. The van der Waals surface area contributed by atoms with Crippen molar-refractivity contribution in [2.45, 2.75) is 39.0 Å². The first-order valence-corrected chi connectivity index (χ1v) is 9.89. The molecule has 3 rings (SSSR count). The number of nitrogens with one attached hydrogen (secondary N) is 2. The van der Waals surface area contributed by atoms with Gasteiger partial charge in [-0.3, -0.25) is 0 Å². The fourth-order valence-corrected chi connectivity index (χ4v) is 3.52. The van der Waals surface area contributed by atoms with Gasteiger partial charge >= 0.3 is 12.0 Å². The van der Waals surface area contributed by atoms with E-state index in [-0.39, 0.29) is 12.6 Å². The van der Waals surface area contributed by atoms with Crippen molar-refractivity contribution >= 4 is 23.8 Å². The number of carbonyl (C=O) groups is 2. The Morgan fingerprint density at radius 3 is 2.79 bits per heavy atom. The zero-order valence-electron chi connectivity index (χ0n) is 16.2. The summed E-state index contributed by atoms with van der Waals surface area (Å²) < 4.78 is 10.8. The molecule has 148 valence electrons. The molecule has 2 N–H and O–H groups in total. The summed E-state index contributed by atoms with van der Waals surface area (Å²) in [6, 6.07) is 5.12. The molecule has 0 spiro atoms. The van der Waals surface area contributed by atoms with Gasteiger partial charge in [0.1, 0.15) is 0 Å². The van der Waals surface area contributed by atoms with Crippen molar-refractivity contribution in [1.82, 2.24) is 20.8 Å². The van der Waals surface area contributed by atoms with Gasteiger partial charge in [0.05, 0.1) is 18.2 Å². The Morgan fingerprint density at radius 1 is 1.29 bits per heavy atom. The summed E-state index contributed by atoms with van der Waals surface area (Å²) in [6.45, 7) is 7.79. The third kappa shape index (κ3) is 4.36. The molecule has 2 heterocycles. The predicted octanol–water partition coefficient (Wildman–Crippen LogP) is 2.96. The van der Waals surface area contributed by atoms with Crippen LogP contribution in [0, 0.1) is 13.8 Å². The van der Waals surface area contributed by atoms with Crippen LogP contribution in [-0.4, -0.2) is 40.6 Å². The van der Waals surface area contributed by atoms with Gasteiger partial charge in [0.15, 0.2) is 0 Å². The summed E-state index contributed by atoms with van der Waals surface area (Å²) in [7, 11) is 0. The van der Waals surface area contributed by atoms with Crippen LogP contribution in [0.3, 0.4) is 0 Å². The SMILES string of the molecule is CCOC(=O)C1=C(CSc2nnc(-c3ccc(C)c(C)c3)o2)NC(=O)N[C@H]1C. The minimum absolute atomic E-state index is 0.256. The van der Waals surface area contributed by atoms with Crippen LogP contribution in [0.2, 0.25) is 0 Å². The topological polar surface area (TPSA) is 106 Å². The smallest absolute Gasteiger partial charge is 0.337 e. The molecule has 2 aromatic rings. The molecule has 9 heteroatoms. The number of nitrogens with zero attached hydrogens (tertiary/aromatic N) is 2. The van der Waals surface area contributed by atoms with Crippen molar-refractivity contribution in [3.05, 3.63) is 40.6 Å². The van der Waals surface area contributed by atoms with Crippen molar-refractivity contribution in [2.24, 2.45) is 0 Å². The number of aryl methyl sites for hydroxylation is 2. The van der Waals surface area contributed by atoms with E-state index in [0.717, 1.165) is 11.1 Å². The third-order valence-corrected chi connectivity index (χ3v) is 5.21. The Hall–Kier alpha value is -2.81. The monoisotopic (exact) mass is 402 g/mol. The fraction of sp³-hybridized carbons (Fsp3) is 0.368. The van der Waals surface area contributed by atoms with Crippen LogP contribution in [0.1, 0.15) is 25.0 Å². The molecule has 0 bridgehead atoms. The van der Waals surface area contributed by atoms with Crippen LogP contribution < -0.4 is 10.6 Å². The van der Waals surface area contributed by atoms with Crippen molar-refractivity contribution in [3.8, 4) is 11.5 Å². The second kappa shape index (κ2) is 8.47. The highest BCUT2D eigenvalue weighted by atomic mass is 32.2. The molecule has 1 aliphatic rings. The van der Waals surface area contributed by atoms with Gasteiger partial charge in [0.2, 0.25) is 5.89 Å². The Labute approximate surface area is 167 Å². The lowest BCUT2D eigenvalue weighted by Gasteiger charge is -2.26. The average molecular weight is 402 g/mol. The van der Waals surface area contributed by atoms with E-state index in [1.54, 1.807) is 13.8 Å². The largest absolute Gasteiger partial charge is 0.463 e. The van der Waals surface area contributed by atoms with Gasteiger partial charge in [-0.15, -0.1) is 10.2 Å². The first kappa shape index (κ1) is 19.9. The maximum Gasteiger partial charge on any atom is 0.337 e. The normalized spacial score (nSPS) is 16.6. The number of aromatic nitrogens is 2. The van der Waals surface area contributed by atoms with E-state index in [2.05, 4.69) is 20.8 Å². The van der Waals surface area contributed by atoms with Crippen molar-refractivity contribution in [3.63, 3.8) is 0 Å². The lowest BCUT2D eigenvalue weighted by atomic mass is 10.1. The Kier molecular flexibility index (Phi) is 6.03. The number of rotatable bonds is 6. The van der Waals surface area contributed by atoms with Crippen LogP contribution in [0.15, 0.2) is 39.1 Å². The van der Waals surface area contributed by atoms with E-state index in [0.29, 0.717) is 28.1 Å². The second-order valence-corrected chi connectivity index (χ2v) is 7.32. The van der Waals surface area contributed by atoms with Crippen LogP contribution in [0.25, 0.3) is 11.5 Å². The highest BCUT2D eigenvalue weighted by molar-refractivity contribution is 7.99. The average Bonchev–Trinajstić information content (AvgIpc) is 3.11. The summed E-state index contributed by atoms with van der Waals surface area (Å²) >= 11 is 1.24. The molecule has 0 radical (unpaired) electrons. The predicted molar refractivity (Wildman–Crippen MR) is 105 cm³/mol. The molecule has 0 fully saturated rings. The van der Waals surface area contributed by atoms with E-state index in [1.807, 2.05) is 32.0 Å². The molecule has 1 aromatic heterocycles. The van der Waals surface area contributed by atoms with Gasteiger partial charge in [0, 0.05) is 17.0 Å². The Balaban J connectivity index is 1.77. The van der Waals surface area contributed by atoms with E-state index in [1.165, 1.54) is 17.3 Å². The lowest BCUT2D eigenvalue weighted by Crippen LogP contribution is -2.49. The zero-order chi connectivity index (χ0) is 20.3. The molecule has 28 heavy (non-hydrogen) atoms. The highest BCUT2D eigenvalue weighted by Crippen LogP contribution is 2.27. The van der Waals surface area contributed by atoms with Crippen LogP contribution >= 0.6 is 11.8 Å². The molecule has 1 atom stereocenters. The number of hydrogen-bond acceptors (Lipinski definition) is 7. The summed E-state index contributed by atoms with van der Waals surface area (Å²) in [6.07, 6.45) is 0. The first-order chi connectivity index (χ1) is 13.4. The van der Waals surface area contributed by atoms with Gasteiger partial charge in [-0.25, -0.2) is 9.59 Å². The molecule has 2 amide bonds. The van der Waals surface area contributed by atoms with Gasteiger partial charge < -0.3 is 19.8 Å². The summed E-state index contributed by atoms with van der Waals surface area (Å²) in [4.78, 5) is 24.1. The number of amides is 2. The number of benzene rings is 1. The maximum atomic E-state index is 12.3. The van der Waals surface area contributed by atoms with Crippen LogP contribution in [0.4, 0.5) is 4.79 Å². The maximum absolute atomic E-state index is 12.3. The molecular formula is C19H22N4O4S. The minimum Gasteiger partial charge on any atom is -0.463 e. The van der Waals surface area contributed by atoms with Crippen LogP contribution in [-0.2, 0) is 9.53 Å². The standard InChI is InChI=1S/C19H22N4O4S/c1-5-26-17(24)15-12(4)20-18(25)21-14(15)9-28-19-23-22-16(27-19)13-7-6-10(2)11(3)8-13/h6-8,12H,5,9H2,1-4H3,(H2,20,21,25)/t12-/m0/s1. The highest BCUT2D eigenvalue weighted by Gasteiger charge is 2.29. The number of esters is 1. The molecule has 1 aliphatic heterocycles. The van der Waals surface area contributed by atoms with E-state index in [9.17, 15) is 9.59 Å². The van der Waals surface area contributed by atoms with E-state index < -0.39 is 12.0 Å². The number of ether oxygens (including phenoxy) is 1. The summed E-state index contributed by atoms with van der Waals surface area (Å²) in [5, 5.41) is 13.8. The lowest BCUT2D eigenvalue weighted by molar-refractivity contribution is -0.138. The summed E-state index contributed by atoms with van der Waals surface area (Å²) in [5.74, 6) is 0.257. The molecule has 1 aromatic carbocycles. The first-order valence-electron chi connectivity index (χ1n) is 8.90. The molecular weight excluding hydrogens is 380 g/mol. The second-order valence-electron chi connectivity index (χ2n) is 6.39. The van der Waals surface area contributed by atoms with Gasteiger partial charge in [0.25, 0.3) is 5.22 Å². The molecule has 0 saturated heterocycles. The molecule has 0 unspecified atom stereocenters. The van der Waals surface area contributed by atoms with Crippen molar-refractivity contribution < 1.29 is 18.7 Å². The van der Waals surface area contributed by atoms with Gasteiger partial charge in [-0.2, -0.15) is 0 Å².